The molecule has 0 saturated carbocycles. The zero-order chi connectivity index (χ0) is 16.2. The Morgan fingerprint density at radius 3 is 2.36 bits per heavy atom. The van der Waals surface area contributed by atoms with Gasteiger partial charge < -0.3 is 4.90 Å². The number of hydrogen-bond acceptors (Lipinski definition) is 1. The van der Waals surface area contributed by atoms with Crippen molar-refractivity contribution < 1.29 is 0 Å². The maximum Gasteiger partial charge on any atom is 0.00103 e. The Morgan fingerprint density at radius 1 is 1.14 bits per heavy atom. The minimum Gasteiger partial charge on any atom is -0.303 e. The third-order valence-electron chi connectivity index (χ3n) is 4.65. The summed E-state index contributed by atoms with van der Waals surface area (Å²) in [5.41, 5.74) is 3.34. The first-order valence-electron chi connectivity index (χ1n) is 9.12. The van der Waals surface area contributed by atoms with Crippen LogP contribution in [0.3, 0.4) is 0 Å². The summed E-state index contributed by atoms with van der Waals surface area (Å²) in [5, 5.41) is 0. The van der Waals surface area contributed by atoms with E-state index in [2.05, 4.69) is 63.8 Å². The molecule has 1 heteroatoms. The molecule has 1 fully saturated rings. The quantitative estimate of drug-likeness (QED) is 0.724. The molecule has 1 aromatic carbocycles. The van der Waals surface area contributed by atoms with E-state index in [0.29, 0.717) is 5.41 Å². The maximum atomic E-state index is 2.67. The Kier molecular flexibility index (Phi) is 6.09. The van der Waals surface area contributed by atoms with E-state index in [-0.39, 0.29) is 0 Å². The number of nitrogens with zero attached hydrogens (tertiary/aromatic N) is 1. The lowest BCUT2D eigenvalue weighted by atomic mass is 9.87. The van der Waals surface area contributed by atoms with Crippen molar-refractivity contribution in [1.82, 2.24) is 4.90 Å². The van der Waals surface area contributed by atoms with E-state index >= 15 is 0 Å². The van der Waals surface area contributed by atoms with Gasteiger partial charge in [0.15, 0.2) is 0 Å². The van der Waals surface area contributed by atoms with Crippen LogP contribution in [0.4, 0.5) is 0 Å². The molecule has 22 heavy (non-hydrogen) atoms. The molecule has 0 aromatic heterocycles. The first-order chi connectivity index (χ1) is 10.3. The van der Waals surface area contributed by atoms with Gasteiger partial charge in [-0.25, -0.2) is 0 Å². The van der Waals surface area contributed by atoms with Crippen LogP contribution in [0.15, 0.2) is 24.3 Å². The fourth-order valence-electron chi connectivity index (χ4n) is 3.77. The molecule has 124 valence electrons. The van der Waals surface area contributed by atoms with Crippen molar-refractivity contribution in [3.05, 3.63) is 35.4 Å². The number of hydrogen-bond donors (Lipinski definition) is 0. The molecule has 1 aromatic rings. The summed E-state index contributed by atoms with van der Waals surface area (Å²) in [4.78, 5) is 2.67. The molecule has 1 heterocycles. The molecule has 0 radical (unpaired) electrons. The minimum atomic E-state index is 0.375. The molecule has 2 atom stereocenters. The lowest BCUT2D eigenvalue weighted by Gasteiger charge is -2.32. The van der Waals surface area contributed by atoms with E-state index in [1.54, 1.807) is 0 Å². The zero-order valence-electron chi connectivity index (χ0n) is 15.4. The Bertz CT molecular complexity index is 440. The van der Waals surface area contributed by atoms with Crippen molar-refractivity contribution in [2.24, 2.45) is 17.3 Å². The summed E-state index contributed by atoms with van der Waals surface area (Å²) >= 11 is 0. The van der Waals surface area contributed by atoms with Crippen molar-refractivity contribution in [2.45, 2.75) is 60.3 Å². The molecular weight excluding hydrogens is 266 g/mol. The topological polar surface area (TPSA) is 3.24 Å². The van der Waals surface area contributed by atoms with Gasteiger partial charge >= 0.3 is 0 Å². The fourth-order valence-corrected chi connectivity index (χ4v) is 3.77. The standard InChI is InChI=1S/C21H35N/c1-17-7-6-12-22(15-17)16-18(2)13-19-8-10-20(11-9-19)14-21(3,4)5/h8-11,17-18H,6-7,12-16H2,1-5H3. The molecule has 2 rings (SSSR count). The van der Waals surface area contributed by atoms with Gasteiger partial charge in [-0.3, -0.25) is 0 Å². The highest BCUT2D eigenvalue weighted by molar-refractivity contribution is 5.23. The molecule has 1 saturated heterocycles. The van der Waals surface area contributed by atoms with Crippen LogP contribution < -0.4 is 0 Å². The summed E-state index contributed by atoms with van der Waals surface area (Å²) in [7, 11) is 0. The van der Waals surface area contributed by atoms with Crippen LogP contribution in [0.25, 0.3) is 0 Å². The van der Waals surface area contributed by atoms with Gasteiger partial charge in [0.2, 0.25) is 0 Å². The van der Waals surface area contributed by atoms with Gasteiger partial charge in [-0.05, 0) is 60.6 Å². The largest absolute Gasteiger partial charge is 0.303 e. The maximum absolute atomic E-state index is 2.67. The van der Waals surface area contributed by atoms with Crippen molar-refractivity contribution in [3.63, 3.8) is 0 Å². The SMILES string of the molecule is CC1CCCN(CC(C)Cc2ccc(CC(C)(C)C)cc2)C1. The highest BCUT2D eigenvalue weighted by Crippen LogP contribution is 2.22. The van der Waals surface area contributed by atoms with E-state index in [1.165, 1.54) is 50.0 Å². The summed E-state index contributed by atoms with van der Waals surface area (Å²) in [6.45, 7) is 15.6. The Morgan fingerprint density at radius 2 is 1.77 bits per heavy atom. The Balaban J connectivity index is 1.82. The van der Waals surface area contributed by atoms with Crippen LogP contribution in [-0.4, -0.2) is 24.5 Å². The smallest absolute Gasteiger partial charge is 0.00103 e. The van der Waals surface area contributed by atoms with Gasteiger partial charge in [-0.1, -0.05) is 58.9 Å². The van der Waals surface area contributed by atoms with Crippen molar-refractivity contribution >= 4 is 0 Å². The second kappa shape index (κ2) is 7.64. The van der Waals surface area contributed by atoms with Crippen LogP contribution >= 0.6 is 0 Å². The molecular formula is C21H35N. The van der Waals surface area contributed by atoms with Crippen LogP contribution in [0.2, 0.25) is 0 Å². The van der Waals surface area contributed by atoms with Crippen LogP contribution in [-0.2, 0) is 12.8 Å². The van der Waals surface area contributed by atoms with E-state index in [0.717, 1.165) is 18.3 Å². The molecule has 0 bridgehead atoms. The second-order valence-corrected chi connectivity index (χ2v) is 8.87. The molecule has 2 unspecified atom stereocenters. The second-order valence-electron chi connectivity index (χ2n) is 8.87. The average Bonchev–Trinajstić information content (AvgIpc) is 2.39. The summed E-state index contributed by atoms with van der Waals surface area (Å²) in [5.74, 6) is 1.64. The van der Waals surface area contributed by atoms with E-state index in [9.17, 15) is 0 Å². The molecule has 0 aliphatic carbocycles. The fraction of sp³-hybridized carbons (Fsp3) is 0.714. The Hall–Kier alpha value is -0.820. The van der Waals surface area contributed by atoms with Gasteiger partial charge in [-0.2, -0.15) is 0 Å². The number of likely N-dealkylation sites (tertiary alicyclic amines) is 1. The van der Waals surface area contributed by atoms with Crippen LogP contribution in [0.1, 0.15) is 58.6 Å². The first kappa shape index (κ1) is 17.5. The van der Waals surface area contributed by atoms with Crippen molar-refractivity contribution in [3.8, 4) is 0 Å². The van der Waals surface area contributed by atoms with Gasteiger partial charge in [0, 0.05) is 13.1 Å². The molecule has 0 amide bonds. The van der Waals surface area contributed by atoms with Gasteiger partial charge in [0.1, 0.15) is 0 Å². The van der Waals surface area contributed by atoms with Crippen molar-refractivity contribution in [1.29, 1.82) is 0 Å². The number of rotatable bonds is 5. The molecule has 1 aliphatic rings. The molecule has 1 nitrogen and oxygen atoms in total. The molecule has 0 N–H and O–H groups in total. The number of piperidine rings is 1. The average molecular weight is 302 g/mol. The first-order valence-corrected chi connectivity index (χ1v) is 9.12. The summed E-state index contributed by atoms with van der Waals surface area (Å²) < 4.78 is 0. The van der Waals surface area contributed by atoms with E-state index in [1.807, 2.05) is 0 Å². The van der Waals surface area contributed by atoms with Gasteiger partial charge in [0.25, 0.3) is 0 Å². The third-order valence-corrected chi connectivity index (χ3v) is 4.65. The lowest BCUT2D eigenvalue weighted by molar-refractivity contribution is 0.162. The summed E-state index contributed by atoms with van der Waals surface area (Å²) in [6, 6.07) is 9.35. The third kappa shape index (κ3) is 6.12. The van der Waals surface area contributed by atoms with Crippen LogP contribution in [0.5, 0.6) is 0 Å². The highest BCUT2D eigenvalue weighted by Gasteiger charge is 2.18. The Labute approximate surface area is 138 Å². The number of benzene rings is 1. The predicted octanol–water partition coefficient (Wildman–Crippen LogP) is 5.19. The van der Waals surface area contributed by atoms with Crippen molar-refractivity contribution in [2.75, 3.05) is 19.6 Å². The predicted molar refractivity (Wildman–Crippen MR) is 97.3 cm³/mol. The summed E-state index contributed by atoms with van der Waals surface area (Å²) in [6.07, 6.45) is 5.17. The lowest BCUT2D eigenvalue weighted by Crippen LogP contribution is -2.37. The normalized spacial score (nSPS) is 21.8. The van der Waals surface area contributed by atoms with E-state index in [4.69, 9.17) is 0 Å². The highest BCUT2D eigenvalue weighted by atomic mass is 15.1. The minimum absolute atomic E-state index is 0.375. The van der Waals surface area contributed by atoms with Gasteiger partial charge in [0.05, 0.1) is 0 Å². The zero-order valence-corrected chi connectivity index (χ0v) is 15.4. The molecule has 1 aliphatic heterocycles. The van der Waals surface area contributed by atoms with Gasteiger partial charge in [-0.15, -0.1) is 0 Å². The molecule has 0 spiro atoms. The van der Waals surface area contributed by atoms with E-state index < -0.39 is 0 Å². The monoisotopic (exact) mass is 301 g/mol. The van der Waals surface area contributed by atoms with Crippen LogP contribution in [0, 0.1) is 17.3 Å².